The largest absolute Gasteiger partial charge is 0.369 e. The molecule has 208 valence electrons. The molecule has 0 bridgehead atoms. The van der Waals surface area contributed by atoms with Crippen molar-refractivity contribution >= 4 is 50.9 Å². The highest BCUT2D eigenvalue weighted by molar-refractivity contribution is 6.03. The first-order chi connectivity index (χ1) is 19.2. The van der Waals surface area contributed by atoms with Gasteiger partial charge in [-0.15, -0.1) is 0 Å². The number of carbonyl (C=O) groups excluding carboxylic acids is 1. The van der Waals surface area contributed by atoms with Crippen LogP contribution in [0.25, 0.3) is 33.2 Å². The number of aryl methyl sites for hydroxylation is 1. The normalized spacial score (nSPS) is 11.6. The van der Waals surface area contributed by atoms with Gasteiger partial charge in [0.15, 0.2) is 0 Å². The van der Waals surface area contributed by atoms with Gasteiger partial charge in [-0.3, -0.25) is 4.79 Å². The Kier molecular flexibility index (Phi) is 7.75. The molecule has 0 aliphatic heterocycles. The molecule has 0 fully saturated rings. The third-order valence-corrected chi connectivity index (χ3v) is 7.14. The number of H-pyrrole nitrogens is 1. The highest BCUT2D eigenvalue weighted by Crippen LogP contribution is 2.35. The minimum atomic E-state index is -0.136. The van der Waals surface area contributed by atoms with Crippen molar-refractivity contribution in [3.8, 4) is 11.3 Å². The summed E-state index contributed by atoms with van der Waals surface area (Å²) in [4.78, 5) is 30.2. The molecule has 0 spiro atoms. The summed E-state index contributed by atoms with van der Waals surface area (Å²) in [6.07, 6.45) is 4.00. The zero-order valence-corrected chi connectivity index (χ0v) is 24.1. The third-order valence-electron chi connectivity index (χ3n) is 7.14. The fourth-order valence-electron chi connectivity index (χ4n) is 4.90. The maximum atomic E-state index is 12.7. The summed E-state index contributed by atoms with van der Waals surface area (Å²) < 4.78 is 2.12. The van der Waals surface area contributed by atoms with Crippen LogP contribution in [0.2, 0.25) is 0 Å². The second-order valence-corrected chi connectivity index (χ2v) is 10.7. The fourth-order valence-corrected chi connectivity index (χ4v) is 4.90. The van der Waals surface area contributed by atoms with Gasteiger partial charge in [-0.1, -0.05) is 32.0 Å². The average Bonchev–Trinajstić information content (AvgIpc) is 3.54. The average molecular weight is 539 g/mol. The van der Waals surface area contributed by atoms with Crippen LogP contribution in [0.5, 0.6) is 0 Å². The van der Waals surface area contributed by atoms with Crippen molar-refractivity contribution in [1.82, 2.24) is 24.4 Å². The molecular formula is C31H38N8O. The van der Waals surface area contributed by atoms with Crippen molar-refractivity contribution in [2.45, 2.75) is 20.8 Å². The van der Waals surface area contributed by atoms with Crippen molar-refractivity contribution in [3.63, 3.8) is 0 Å². The van der Waals surface area contributed by atoms with Crippen LogP contribution < -0.4 is 15.5 Å². The van der Waals surface area contributed by atoms with Crippen molar-refractivity contribution in [2.24, 2.45) is 13.0 Å². The van der Waals surface area contributed by atoms with Gasteiger partial charge in [0.2, 0.25) is 11.9 Å². The lowest BCUT2D eigenvalue weighted by molar-refractivity contribution is -0.118. The summed E-state index contributed by atoms with van der Waals surface area (Å²) >= 11 is 0. The van der Waals surface area contributed by atoms with E-state index in [9.17, 15) is 4.79 Å². The molecule has 9 nitrogen and oxygen atoms in total. The van der Waals surface area contributed by atoms with Crippen LogP contribution in [0.15, 0.2) is 60.9 Å². The molecule has 3 aromatic heterocycles. The Balaban J connectivity index is 1.54. The molecule has 5 aromatic rings. The van der Waals surface area contributed by atoms with Gasteiger partial charge in [0.05, 0.1) is 17.1 Å². The number of benzene rings is 2. The van der Waals surface area contributed by atoms with E-state index in [0.29, 0.717) is 5.95 Å². The van der Waals surface area contributed by atoms with Gasteiger partial charge in [-0.2, -0.15) is 4.98 Å². The van der Waals surface area contributed by atoms with Crippen molar-refractivity contribution in [1.29, 1.82) is 0 Å². The van der Waals surface area contributed by atoms with Gasteiger partial charge < -0.3 is 30.0 Å². The van der Waals surface area contributed by atoms with Crippen molar-refractivity contribution in [2.75, 3.05) is 49.3 Å². The number of carbonyl (C=O) groups is 1. The number of nitrogens with one attached hydrogen (secondary N) is 3. The molecule has 0 saturated heterocycles. The molecule has 0 unspecified atom stereocenters. The van der Waals surface area contributed by atoms with E-state index in [2.05, 4.69) is 75.4 Å². The van der Waals surface area contributed by atoms with Crippen LogP contribution in [0.4, 0.5) is 23.0 Å². The van der Waals surface area contributed by atoms with Crippen LogP contribution in [-0.2, 0) is 11.8 Å². The van der Waals surface area contributed by atoms with Gasteiger partial charge in [0.1, 0.15) is 5.65 Å². The quantitative estimate of drug-likeness (QED) is 0.207. The van der Waals surface area contributed by atoms with E-state index in [0.717, 1.165) is 69.9 Å². The Labute approximate surface area is 235 Å². The Morgan fingerprint density at radius 3 is 2.60 bits per heavy atom. The molecule has 0 aliphatic carbocycles. The number of aromatic nitrogens is 4. The molecule has 1 amide bonds. The predicted octanol–water partition coefficient (Wildman–Crippen LogP) is 5.84. The zero-order chi connectivity index (χ0) is 28.4. The van der Waals surface area contributed by atoms with Crippen LogP contribution >= 0.6 is 0 Å². The Hall–Kier alpha value is -4.37. The number of fused-ring (bicyclic) bond motifs is 2. The van der Waals surface area contributed by atoms with Gasteiger partial charge in [0.25, 0.3) is 0 Å². The molecule has 3 N–H and O–H groups in total. The predicted molar refractivity (Wildman–Crippen MR) is 165 cm³/mol. The Bertz CT molecular complexity index is 1650. The van der Waals surface area contributed by atoms with E-state index in [1.807, 2.05) is 57.4 Å². The number of aromatic amines is 1. The maximum absolute atomic E-state index is 12.7. The van der Waals surface area contributed by atoms with E-state index in [-0.39, 0.29) is 11.8 Å². The molecule has 5 rings (SSSR count). The lowest BCUT2D eigenvalue weighted by Crippen LogP contribution is -2.32. The molecule has 0 atom stereocenters. The highest BCUT2D eigenvalue weighted by Gasteiger charge is 2.18. The first-order valence-corrected chi connectivity index (χ1v) is 13.8. The van der Waals surface area contributed by atoms with Crippen LogP contribution in [0, 0.1) is 5.92 Å². The number of para-hydroxylation sites is 1. The number of hydrogen-bond donors (Lipinski definition) is 3. The number of likely N-dealkylation sites (N-methyl/N-ethyl adjacent to an activating group) is 2. The van der Waals surface area contributed by atoms with E-state index >= 15 is 0 Å². The number of anilines is 4. The number of hydrogen-bond acceptors (Lipinski definition) is 6. The highest BCUT2D eigenvalue weighted by atomic mass is 16.1. The van der Waals surface area contributed by atoms with Crippen LogP contribution in [0.1, 0.15) is 20.8 Å². The molecule has 0 saturated carbocycles. The fraction of sp³-hybridized carbons (Fsp3) is 0.323. The lowest BCUT2D eigenvalue weighted by Gasteiger charge is -2.28. The SMILES string of the molecule is CCN(CCN(C)C)c1ccc(Nc2nc(-c3cn(C)c4ccccc34)c3cc[nH]c3n2)cc1NC(=O)C(C)C. The first kappa shape index (κ1) is 27.2. The van der Waals surface area contributed by atoms with Crippen LogP contribution in [0.3, 0.4) is 0 Å². The van der Waals surface area contributed by atoms with Crippen LogP contribution in [-0.4, -0.2) is 64.1 Å². The number of nitrogens with zero attached hydrogens (tertiary/aromatic N) is 5. The topological polar surface area (TPSA) is 94.1 Å². The summed E-state index contributed by atoms with van der Waals surface area (Å²) in [5.41, 5.74) is 6.35. The standard InChI is InChI=1S/C31H38N8O/c1-7-39(17-16-37(4)5)27-13-12-21(18-25(27)34-30(40)20(2)3)33-31-35-28(23-14-15-32-29(23)36-31)24-19-38(6)26-11-9-8-10-22(24)26/h8-15,18-20H,7,16-17H2,1-6H3,(H,34,40)(H2,32,33,35,36). The van der Waals surface area contributed by atoms with Gasteiger partial charge in [-0.05, 0) is 51.4 Å². The van der Waals surface area contributed by atoms with Crippen molar-refractivity contribution < 1.29 is 4.79 Å². The Morgan fingerprint density at radius 1 is 1.05 bits per heavy atom. The minimum Gasteiger partial charge on any atom is -0.369 e. The number of rotatable bonds is 10. The van der Waals surface area contributed by atoms with E-state index in [4.69, 9.17) is 9.97 Å². The van der Waals surface area contributed by atoms with Gasteiger partial charge >= 0.3 is 0 Å². The van der Waals surface area contributed by atoms with E-state index in [1.54, 1.807) is 0 Å². The zero-order valence-electron chi connectivity index (χ0n) is 24.1. The molecular weight excluding hydrogens is 500 g/mol. The molecule has 0 aliphatic rings. The molecule has 0 radical (unpaired) electrons. The summed E-state index contributed by atoms with van der Waals surface area (Å²) in [5, 5.41) is 8.64. The summed E-state index contributed by atoms with van der Waals surface area (Å²) in [5.74, 6) is 0.319. The molecule has 40 heavy (non-hydrogen) atoms. The van der Waals surface area contributed by atoms with E-state index < -0.39 is 0 Å². The Morgan fingerprint density at radius 2 is 1.85 bits per heavy atom. The molecule has 2 aromatic carbocycles. The van der Waals surface area contributed by atoms with Gasteiger partial charge in [0, 0.05) is 72.5 Å². The van der Waals surface area contributed by atoms with Gasteiger partial charge in [-0.25, -0.2) is 4.98 Å². The molecule has 9 heteroatoms. The van der Waals surface area contributed by atoms with Crippen molar-refractivity contribution in [3.05, 3.63) is 60.9 Å². The monoisotopic (exact) mass is 538 g/mol. The summed E-state index contributed by atoms with van der Waals surface area (Å²) in [7, 11) is 6.18. The molecule has 3 heterocycles. The van der Waals surface area contributed by atoms with E-state index in [1.165, 1.54) is 0 Å². The summed E-state index contributed by atoms with van der Waals surface area (Å²) in [6.45, 7) is 8.51. The second-order valence-electron chi connectivity index (χ2n) is 10.7. The third kappa shape index (κ3) is 5.51. The first-order valence-electron chi connectivity index (χ1n) is 13.8. The number of amides is 1. The lowest BCUT2D eigenvalue weighted by atomic mass is 10.1. The summed E-state index contributed by atoms with van der Waals surface area (Å²) in [6, 6.07) is 16.4. The second kappa shape index (κ2) is 11.4. The smallest absolute Gasteiger partial charge is 0.229 e. The maximum Gasteiger partial charge on any atom is 0.229 e. The minimum absolute atomic E-state index is 0.0237.